The lowest BCUT2D eigenvalue weighted by atomic mass is 10.0. The van der Waals surface area contributed by atoms with E-state index in [-0.39, 0.29) is 12.6 Å². The van der Waals surface area contributed by atoms with Crippen LogP contribution in [-0.2, 0) is 14.3 Å². The zero-order valence-electron chi connectivity index (χ0n) is 38.4. The van der Waals surface area contributed by atoms with E-state index in [4.69, 9.17) is 9.47 Å². The Bertz CT molecular complexity index is 751. The molecule has 0 fully saturated rings. The number of esters is 1. The van der Waals surface area contributed by atoms with Gasteiger partial charge in [-0.2, -0.15) is 0 Å². The van der Waals surface area contributed by atoms with Crippen LogP contribution < -0.4 is 0 Å². The molecule has 1 atom stereocenters. The second kappa shape index (κ2) is 50.3. The largest absolute Gasteiger partial charge is 0.457 e. The molecule has 4 nitrogen and oxygen atoms in total. The summed E-state index contributed by atoms with van der Waals surface area (Å²) >= 11 is 0. The van der Waals surface area contributed by atoms with E-state index in [1.165, 1.54) is 250 Å². The molecule has 1 unspecified atom stereocenters. The van der Waals surface area contributed by atoms with Crippen LogP contribution in [-0.4, -0.2) is 37.0 Å². The Kier molecular flexibility index (Phi) is 49.5. The summed E-state index contributed by atoms with van der Waals surface area (Å²) in [5, 5.41) is 9.65. The molecular weight excluding hydrogens is 689 g/mol. The monoisotopic (exact) mass is 791 g/mol. The van der Waals surface area contributed by atoms with Gasteiger partial charge in [-0.3, -0.25) is 4.79 Å². The third-order valence-corrected chi connectivity index (χ3v) is 11.8. The predicted octanol–water partition coefficient (Wildman–Crippen LogP) is 17.3. The fraction of sp³-hybridized carbons (Fsp3) is 0.942. The van der Waals surface area contributed by atoms with Gasteiger partial charge in [0.2, 0.25) is 0 Å². The maximum Gasteiger partial charge on any atom is 0.306 e. The standard InChI is InChI=1S/C52H102O4/c1-3-5-7-9-11-13-15-17-19-21-23-25-26-27-28-30-32-34-36-38-40-42-44-46-48-55-50-51(49-53)56-52(54)47-45-43-41-39-37-35-33-31-29-24-22-20-18-16-14-12-10-8-6-4-2/h21,23,51,53H,3-20,22,24-50H2,1-2H3/b23-21-. The Hall–Kier alpha value is -0.870. The number of hydrogen-bond donors (Lipinski definition) is 1. The van der Waals surface area contributed by atoms with Crippen LogP contribution in [0.15, 0.2) is 12.2 Å². The van der Waals surface area contributed by atoms with Crippen LogP contribution in [0.25, 0.3) is 0 Å². The summed E-state index contributed by atoms with van der Waals surface area (Å²) < 4.78 is 11.2. The van der Waals surface area contributed by atoms with Crippen molar-refractivity contribution in [1.29, 1.82) is 0 Å². The lowest BCUT2D eigenvalue weighted by Crippen LogP contribution is -2.27. The summed E-state index contributed by atoms with van der Waals surface area (Å²) in [6, 6.07) is 0. The molecule has 0 saturated heterocycles. The fourth-order valence-electron chi connectivity index (χ4n) is 7.97. The minimum Gasteiger partial charge on any atom is -0.457 e. The summed E-state index contributed by atoms with van der Waals surface area (Å²) in [6.07, 6.45) is 61.7. The van der Waals surface area contributed by atoms with Gasteiger partial charge in [-0.05, 0) is 38.5 Å². The van der Waals surface area contributed by atoms with Gasteiger partial charge in [-0.1, -0.05) is 257 Å². The van der Waals surface area contributed by atoms with Gasteiger partial charge in [0.15, 0.2) is 0 Å². The third-order valence-electron chi connectivity index (χ3n) is 11.8. The van der Waals surface area contributed by atoms with Crippen molar-refractivity contribution >= 4 is 5.97 Å². The number of allylic oxidation sites excluding steroid dienone is 2. The highest BCUT2D eigenvalue weighted by Crippen LogP contribution is 2.17. The lowest BCUT2D eigenvalue weighted by molar-refractivity contribution is -0.154. The van der Waals surface area contributed by atoms with Crippen LogP contribution in [0.3, 0.4) is 0 Å². The Morgan fingerprint density at radius 1 is 0.411 bits per heavy atom. The molecule has 0 amide bonds. The quantitative estimate of drug-likeness (QED) is 0.0379. The van der Waals surface area contributed by atoms with Crippen molar-refractivity contribution in [3.05, 3.63) is 12.2 Å². The summed E-state index contributed by atoms with van der Waals surface area (Å²) in [7, 11) is 0. The van der Waals surface area contributed by atoms with E-state index in [0.717, 1.165) is 19.3 Å². The lowest BCUT2D eigenvalue weighted by Gasteiger charge is -2.16. The first-order chi connectivity index (χ1) is 27.7. The fourth-order valence-corrected chi connectivity index (χ4v) is 7.97. The number of carbonyl (C=O) groups is 1. The minimum atomic E-state index is -0.529. The molecule has 0 aliphatic rings. The smallest absolute Gasteiger partial charge is 0.306 e. The maximum atomic E-state index is 12.3. The van der Waals surface area contributed by atoms with Gasteiger partial charge in [0, 0.05) is 13.0 Å². The molecule has 0 aliphatic heterocycles. The number of ether oxygens (including phenoxy) is 2. The topological polar surface area (TPSA) is 55.8 Å². The Balaban J connectivity index is 3.34. The van der Waals surface area contributed by atoms with Crippen molar-refractivity contribution in [2.45, 2.75) is 296 Å². The van der Waals surface area contributed by atoms with Gasteiger partial charge in [0.1, 0.15) is 6.10 Å². The summed E-state index contributed by atoms with van der Waals surface area (Å²) in [6.45, 7) is 5.41. The zero-order chi connectivity index (χ0) is 40.5. The number of rotatable bonds is 49. The molecule has 0 spiro atoms. The average molecular weight is 791 g/mol. The molecule has 0 aromatic carbocycles. The normalized spacial score (nSPS) is 12.3. The van der Waals surface area contributed by atoms with Gasteiger partial charge in [0.25, 0.3) is 0 Å². The SMILES string of the molecule is CCCCCCCCCC/C=C\CCCCCCCCCCCCCCOCC(CO)OC(=O)CCCCCCCCCCCCCCCCCCCCCC. The summed E-state index contributed by atoms with van der Waals surface area (Å²) in [5.74, 6) is -0.192. The van der Waals surface area contributed by atoms with Gasteiger partial charge in [-0.15, -0.1) is 0 Å². The van der Waals surface area contributed by atoms with E-state index in [0.29, 0.717) is 19.6 Å². The van der Waals surface area contributed by atoms with E-state index >= 15 is 0 Å². The first-order valence-corrected chi connectivity index (χ1v) is 25.8. The zero-order valence-corrected chi connectivity index (χ0v) is 38.4. The third kappa shape index (κ3) is 47.5. The Morgan fingerprint density at radius 3 is 1.02 bits per heavy atom. The number of hydrogen-bond acceptors (Lipinski definition) is 4. The Morgan fingerprint density at radius 2 is 0.696 bits per heavy atom. The first kappa shape index (κ1) is 55.1. The van der Waals surface area contributed by atoms with E-state index in [1.54, 1.807) is 0 Å². The van der Waals surface area contributed by atoms with E-state index < -0.39 is 6.10 Å². The molecular formula is C52H102O4. The van der Waals surface area contributed by atoms with E-state index in [9.17, 15) is 9.90 Å². The average Bonchev–Trinajstić information content (AvgIpc) is 3.20. The van der Waals surface area contributed by atoms with Crippen molar-refractivity contribution in [1.82, 2.24) is 0 Å². The number of aliphatic hydroxyl groups is 1. The minimum absolute atomic E-state index is 0.165. The van der Waals surface area contributed by atoms with Gasteiger partial charge in [0.05, 0.1) is 13.2 Å². The second-order valence-corrected chi connectivity index (χ2v) is 17.6. The van der Waals surface area contributed by atoms with Crippen molar-refractivity contribution < 1.29 is 19.4 Å². The molecule has 0 aromatic heterocycles. The van der Waals surface area contributed by atoms with Gasteiger partial charge < -0.3 is 14.6 Å². The first-order valence-electron chi connectivity index (χ1n) is 25.8. The molecule has 4 heteroatoms. The van der Waals surface area contributed by atoms with Crippen LogP contribution in [0.2, 0.25) is 0 Å². The molecule has 0 bridgehead atoms. The maximum absolute atomic E-state index is 12.3. The number of aliphatic hydroxyl groups excluding tert-OH is 1. The van der Waals surface area contributed by atoms with Crippen LogP contribution in [0, 0.1) is 0 Å². The number of carbonyl (C=O) groups excluding carboxylic acids is 1. The predicted molar refractivity (Wildman–Crippen MR) is 247 cm³/mol. The van der Waals surface area contributed by atoms with E-state index in [1.807, 2.05) is 0 Å². The van der Waals surface area contributed by atoms with E-state index in [2.05, 4.69) is 26.0 Å². The van der Waals surface area contributed by atoms with Crippen LogP contribution in [0.1, 0.15) is 290 Å². The molecule has 1 N–H and O–H groups in total. The van der Waals surface area contributed by atoms with Crippen molar-refractivity contribution in [3.63, 3.8) is 0 Å². The molecule has 0 rings (SSSR count). The second-order valence-electron chi connectivity index (χ2n) is 17.6. The van der Waals surface area contributed by atoms with Crippen LogP contribution in [0.5, 0.6) is 0 Å². The highest BCUT2D eigenvalue weighted by molar-refractivity contribution is 5.69. The number of unbranched alkanes of at least 4 members (excludes halogenated alkanes) is 39. The summed E-state index contributed by atoms with van der Waals surface area (Å²) in [4.78, 5) is 12.3. The molecule has 0 heterocycles. The highest BCUT2D eigenvalue weighted by atomic mass is 16.6. The van der Waals surface area contributed by atoms with Crippen molar-refractivity contribution in [3.8, 4) is 0 Å². The molecule has 0 aliphatic carbocycles. The Labute approximate surface area is 352 Å². The van der Waals surface area contributed by atoms with Gasteiger partial charge in [-0.25, -0.2) is 0 Å². The van der Waals surface area contributed by atoms with Gasteiger partial charge >= 0.3 is 5.97 Å². The van der Waals surface area contributed by atoms with Crippen LogP contribution in [0.4, 0.5) is 0 Å². The molecule has 56 heavy (non-hydrogen) atoms. The van der Waals surface area contributed by atoms with Crippen molar-refractivity contribution in [2.24, 2.45) is 0 Å². The molecule has 0 saturated carbocycles. The molecule has 0 radical (unpaired) electrons. The molecule has 334 valence electrons. The highest BCUT2D eigenvalue weighted by Gasteiger charge is 2.13. The van der Waals surface area contributed by atoms with Crippen LogP contribution >= 0.6 is 0 Å². The summed E-state index contributed by atoms with van der Waals surface area (Å²) in [5.41, 5.74) is 0. The molecule has 0 aromatic rings. The van der Waals surface area contributed by atoms with Crippen molar-refractivity contribution in [2.75, 3.05) is 19.8 Å².